The summed E-state index contributed by atoms with van der Waals surface area (Å²) in [6, 6.07) is 4.72. The third-order valence-electron chi connectivity index (χ3n) is 6.18. The van der Waals surface area contributed by atoms with Crippen molar-refractivity contribution in [3.63, 3.8) is 0 Å². The van der Waals surface area contributed by atoms with Crippen LogP contribution < -0.4 is 15.5 Å². The first-order valence-electron chi connectivity index (χ1n) is 11.7. The van der Waals surface area contributed by atoms with Crippen molar-refractivity contribution in [1.29, 1.82) is 0 Å². The molecule has 2 atom stereocenters. The van der Waals surface area contributed by atoms with E-state index in [1.165, 1.54) is 12.0 Å². The number of piperidine rings is 1. The molecule has 2 saturated heterocycles. The molecule has 0 spiro atoms. The summed E-state index contributed by atoms with van der Waals surface area (Å²) in [6.07, 6.45) is 6.77. The van der Waals surface area contributed by atoms with Gasteiger partial charge < -0.3 is 20.3 Å². The minimum Gasteiger partial charge on any atom is -0.377 e. The van der Waals surface area contributed by atoms with E-state index in [4.69, 9.17) is 9.73 Å². The van der Waals surface area contributed by atoms with Gasteiger partial charge in [0.25, 0.3) is 0 Å². The van der Waals surface area contributed by atoms with Crippen LogP contribution in [0.1, 0.15) is 58.9 Å². The number of nitrogens with one attached hydrogen (secondary N) is 2. The summed E-state index contributed by atoms with van der Waals surface area (Å²) in [6.45, 7) is 15.7. The van der Waals surface area contributed by atoms with Gasteiger partial charge in [-0.15, -0.1) is 0 Å². The Balaban J connectivity index is 1.54. The highest BCUT2D eigenvalue weighted by atomic mass is 16.5. The summed E-state index contributed by atoms with van der Waals surface area (Å²) in [5, 5.41) is 7.13. The number of pyridine rings is 1. The Hall–Kier alpha value is -1.82. The van der Waals surface area contributed by atoms with Crippen LogP contribution in [0.4, 0.5) is 5.82 Å². The van der Waals surface area contributed by atoms with Gasteiger partial charge in [0.2, 0.25) is 0 Å². The molecule has 0 saturated carbocycles. The van der Waals surface area contributed by atoms with Crippen LogP contribution in [0.3, 0.4) is 0 Å². The number of aliphatic imine (C=N–C) groups is 1. The van der Waals surface area contributed by atoms with Crippen molar-refractivity contribution in [2.45, 2.75) is 72.4 Å². The molecule has 2 N–H and O–H groups in total. The Bertz CT molecular complexity index is 674. The molecular formula is C24H41N5O. The summed E-state index contributed by atoms with van der Waals surface area (Å²) in [4.78, 5) is 11.9. The van der Waals surface area contributed by atoms with E-state index in [1.807, 2.05) is 6.20 Å². The van der Waals surface area contributed by atoms with E-state index in [-0.39, 0.29) is 11.5 Å². The minimum absolute atomic E-state index is 0.156. The maximum Gasteiger partial charge on any atom is 0.191 e. The lowest BCUT2D eigenvalue weighted by atomic mass is 9.78. The molecule has 1 aromatic rings. The molecule has 3 heterocycles. The lowest BCUT2D eigenvalue weighted by Gasteiger charge is -2.39. The van der Waals surface area contributed by atoms with Crippen LogP contribution in [0, 0.1) is 18.3 Å². The highest BCUT2D eigenvalue weighted by molar-refractivity contribution is 5.80. The molecule has 2 aliphatic heterocycles. The van der Waals surface area contributed by atoms with Crippen LogP contribution >= 0.6 is 0 Å². The predicted octanol–water partition coefficient (Wildman–Crippen LogP) is 3.76. The molecule has 3 rings (SSSR count). The Morgan fingerprint density at radius 1 is 1.23 bits per heavy atom. The number of guanidine groups is 1. The van der Waals surface area contributed by atoms with Crippen LogP contribution in [0.25, 0.3) is 0 Å². The number of aromatic nitrogens is 1. The largest absolute Gasteiger partial charge is 0.377 e. The summed E-state index contributed by atoms with van der Waals surface area (Å²) < 4.78 is 6.14. The van der Waals surface area contributed by atoms with Crippen molar-refractivity contribution < 1.29 is 4.74 Å². The van der Waals surface area contributed by atoms with Crippen LogP contribution in [0.15, 0.2) is 23.3 Å². The molecular weight excluding hydrogens is 374 g/mol. The minimum atomic E-state index is 0.156. The smallest absolute Gasteiger partial charge is 0.191 e. The van der Waals surface area contributed by atoms with Gasteiger partial charge >= 0.3 is 0 Å². The predicted molar refractivity (Wildman–Crippen MR) is 125 cm³/mol. The molecule has 0 aromatic carbocycles. The molecule has 2 unspecified atom stereocenters. The van der Waals surface area contributed by atoms with Gasteiger partial charge in [0.15, 0.2) is 5.96 Å². The molecule has 0 radical (unpaired) electrons. The van der Waals surface area contributed by atoms with Crippen LogP contribution in [-0.4, -0.2) is 55.9 Å². The van der Waals surface area contributed by atoms with Gasteiger partial charge in [-0.3, -0.25) is 4.99 Å². The fourth-order valence-electron chi connectivity index (χ4n) is 4.61. The Kier molecular flexibility index (Phi) is 7.98. The molecule has 2 fully saturated rings. The van der Waals surface area contributed by atoms with Crippen LogP contribution in [0.2, 0.25) is 0 Å². The van der Waals surface area contributed by atoms with Crippen molar-refractivity contribution in [2.75, 3.05) is 37.7 Å². The number of nitrogens with zero attached hydrogens (tertiary/aromatic N) is 3. The first-order valence-corrected chi connectivity index (χ1v) is 11.7. The Labute approximate surface area is 182 Å². The van der Waals surface area contributed by atoms with Gasteiger partial charge in [0.05, 0.1) is 6.10 Å². The third kappa shape index (κ3) is 6.34. The zero-order valence-electron chi connectivity index (χ0n) is 19.6. The number of hydrogen-bond acceptors (Lipinski definition) is 4. The molecule has 6 heteroatoms. The Morgan fingerprint density at radius 3 is 2.63 bits per heavy atom. The van der Waals surface area contributed by atoms with Crippen molar-refractivity contribution in [3.05, 3.63) is 23.9 Å². The van der Waals surface area contributed by atoms with Gasteiger partial charge in [-0.2, -0.15) is 0 Å². The van der Waals surface area contributed by atoms with Crippen molar-refractivity contribution >= 4 is 11.8 Å². The monoisotopic (exact) mass is 415 g/mol. The second-order valence-electron chi connectivity index (χ2n) is 9.88. The fraction of sp³-hybridized carbons (Fsp3) is 0.750. The van der Waals surface area contributed by atoms with E-state index in [1.54, 1.807) is 0 Å². The standard InChI is InChI=1S/C24H41N5O/c1-6-25-23(27-17-19-8-7-15-30-22(19)24(3,4)5)28-20-11-13-29(14-12-20)21-10-9-18(2)16-26-21/h9-10,16,19-20,22H,6-8,11-15,17H2,1-5H3,(H2,25,27,28). The molecule has 1 aromatic heterocycles. The summed E-state index contributed by atoms with van der Waals surface area (Å²) >= 11 is 0. The molecule has 6 nitrogen and oxygen atoms in total. The molecule has 0 amide bonds. The first-order chi connectivity index (χ1) is 14.4. The van der Waals surface area contributed by atoms with Gasteiger partial charge in [-0.1, -0.05) is 26.8 Å². The second kappa shape index (κ2) is 10.5. The number of ether oxygens (including phenoxy) is 1. The zero-order chi connectivity index (χ0) is 21.6. The zero-order valence-corrected chi connectivity index (χ0v) is 19.6. The summed E-state index contributed by atoms with van der Waals surface area (Å²) in [7, 11) is 0. The highest BCUT2D eigenvalue weighted by Crippen LogP contribution is 2.34. The van der Waals surface area contributed by atoms with E-state index in [0.717, 1.165) is 63.8 Å². The molecule has 0 aliphatic carbocycles. The second-order valence-corrected chi connectivity index (χ2v) is 9.88. The van der Waals surface area contributed by atoms with Gasteiger partial charge in [0.1, 0.15) is 5.82 Å². The van der Waals surface area contributed by atoms with E-state index >= 15 is 0 Å². The fourth-order valence-corrected chi connectivity index (χ4v) is 4.61. The van der Waals surface area contributed by atoms with Gasteiger partial charge in [-0.25, -0.2) is 4.98 Å². The maximum absolute atomic E-state index is 6.14. The first kappa shape index (κ1) is 22.9. The number of anilines is 1. The average molecular weight is 416 g/mol. The summed E-state index contributed by atoms with van der Waals surface area (Å²) in [5.74, 6) is 2.52. The van der Waals surface area contributed by atoms with Gasteiger partial charge in [-0.05, 0) is 56.6 Å². The number of rotatable bonds is 5. The topological polar surface area (TPSA) is 61.8 Å². The quantitative estimate of drug-likeness (QED) is 0.566. The third-order valence-corrected chi connectivity index (χ3v) is 6.18. The van der Waals surface area contributed by atoms with Crippen molar-refractivity contribution in [3.8, 4) is 0 Å². The average Bonchev–Trinajstić information content (AvgIpc) is 2.73. The van der Waals surface area contributed by atoms with Crippen molar-refractivity contribution in [1.82, 2.24) is 15.6 Å². The SMILES string of the molecule is CCNC(=NCC1CCCOC1C(C)(C)C)NC1CCN(c2ccc(C)cn2)CC1. The molecule has 2 aliphatic rings. The Morgan fingerprint density at radius 2 is 2.00 bits per heavy atom. The van der Waals surface area contributed by atoms with Crippen LogP contribution in [-0.2, 0) is 4.74 Å². The lowest BCUT2D eigenvalue weighted by molar-refractivity contribution is -0.0823. The lowest BCUT2D eigenvalue weighted by Crippen LogP contribution is -2.49. The van der Waals surface area contributed by atoms with Crippen LogP contribution in [0.5, 0.6) is 0 Å². The number of aryl methyl sites for hydroxylation is 1. The summed E-state index contributed by atoms with van der Waals surface area (Å²) in [5.41, 5.74) is 1.36. The van der Waals surface area contributed by atoms with E-state index in [9.17, 15) is 0 Å². The normalized spacial score (nSPS) is 24.0. The molecule has 0 bridgehead atoms. The van der Waals surface area contributed by atoms with E-state index in [2.05, 4.69) is 67.3 Å². The van der Waals surface area contributed by atoms with E-state index < -0.39 is 0 Å². The highest BCUT2D eigenvalue weighted by Gasteiger charge is 2.35. The number of hydrogen-bond donors (Lipinski definition) is 2. The molecule has 168 valence electrons. The van der Waals surface area contributed by atoms with E-state index in [0.29, 0.717) is 12.0 Å². The van der Waals surface area contributed by atoms with Crippen molar-refractivity contribution in [2.24, 2.45) is 16.3 Å². The maximum atomic E-state index is 6.14. The molecule has 30 heavy (non-hydrogen) atoms. The van der Waals surface area contributed by atoms with Gasteiger partial charge in [0, 0.05) is 50.9 Å².